The third-order valence-corrected chi connectivity index (χ3v) is 6.10. The van der Waals surface area contributed by atoms with Crippen molar-refractivity contribution in [3.63, 3.8) is 0 Å². The Morgan fingerprint density at radius 2 is 0.944 bits per heavy atom. The van der Waals surface area contributed by atoms with E-state index >= 15 is 0 Å². The summed E-state index contributed by atoms with van der Waals surface area (Å²) in [5.41, 5.74) is 4.73. The molecule has 0 unspecified atom stereocenters. The summed E-state index contributed by atoms with van der Waals surface area (Å²) in [5, 5.41) is 27.9. The summed E-state index contributed by atoms with van der Waals surface area (Å²) in [6.45, 7) is 17.0. The van der Waals surface area contributed by atoms with Gasteiger partial charge in [-0.05, 0) is 72.7 Å². The first kappa shape index (κ1) is 35.0. The number of carboxylic acid groups (broad SMARTS) is 4. The Hall–Kier alpha value is -3.16. The van der Waals surface area contributed by atoms with Crippen LogP contribution in [-0.4, -0.2) is 44.3 Å². The summed E-state index contributed by atoms with van der Waals surface area (Å²) >= 11 is 0. The second-order valence-corrected chi connectivity index (χ2v) is 9.88. The standard InChI is InChI=1S/2C13H20O.2CH2O3/c2*1-5-6-7-11-10(2)12(14)8-9-13(11,3)4;2*2-1(3)4/h2*6-7H,5,8-9H2,1-4H3;2*(H2,2,3,4). The number of hydrogen-bond acceptors (Lipinski definition) is 4. The van der Waals surface area contributed by atoms with Crippen LogP contribution in [0.5, 0.6) is 0 Å². The van der Waals surface area contributed by atoms with Gasteiger partial charge in [-0.3, -0.25) is 9.59 Å². The lowest BCUT2D eigenvalue weighted by Crippen LogP contribution is -2.24. The predicted molar refractivity (Wildman–Crippen MR) is 142 cm³/mol. The molecule has 0 bridgehead atoms. The van der Waals surface area contributed by atoms with E-state index < -0.39 is 12.3 Å². The van der Waals surface area contributed by atoms with Gasteiger partial charge in [-0.2, -0.15) is 0 Å². The quantitative estimate of drug-likeness (QED) is 0.301. The van der Waals surface area contributed by atoms with Gasteiger partial charge in [0, 0.05) is 12.8 Å². The highest BCUT2D eigenvalue weighted by atomic mass is 16.6. The maximum absolute atomic E-state index is 11.6. The van der Waals surface area contributed by atoms with E-state index in [9.17, 15) is 9.59 Å². The van der Waals surface area contributed by atoms with Crippen LogP contribution in [0.1, 0.15) is 93.9 Å². The Morgan fingerprint density at radius 1 is 0.694 bits per heavy atom. The van der Waals surface area contributed by atoms with Crippen LogP contribution < -0.4 is 0 Å². The Bertz CT molecular complexity index is 817. The topological polar surface area (TPSA) is 149 Å². The fourth-order valence-electron chi connectivity index (χ4n) is 3.98. The normalized spacial score (nSPS) is 18.6. The number of ketones is 2. The second kappa shape index (κ2) is 16.5. The molecular formula is C28H44O8. The monoisotopic (exact) mass is 508 g/mol. The Labute approximate surface area is 215 Å². The third-order valence-electron chi connectivity index (χ3n) is 6.10. The highest BCUT2D eigenvalue weighted by molar-refractivity contribution is 5.97. The van der Waals surface area contributed by atoms with Gasteiger partial charge in [0.05, 0.1) is 0 Å². The number of carbonyl (C=O) groups excluding carboxylic acids is 2. The molecule has 8 nitrogen and oxygen atoms in total. The molecule has 0 aromatic heterocycles. The van der Waals surface area contributed by atoms with Crippen molar-refractivity contribution in [1.29, 1.82) is 0 Å². The zero-order chi connectivity index (χ0) is 28.7. The smallest absolute Gasteiger partial charge is 0.450 e. The molecule has 204 valence electrons. The average molecular weight is 509 g/mol. The van der Waals surface area contributed by atoms with E-state index in [1.54, 1.807) is 0 Å². The van der Waals surface area contributed by atoms with Crippen molar-refractivity contribution >= 4 is 23.9 Å². The zero-order valence-corrected chi connectivity index (χ0v) is 23.0. The summed E-state index contributed by atoms with van der Waals surface area (Å²) in [4.78, 5) is 40.2. The molecule has 2 aliphatic carbocycles. The largest absolute Gasteiger partial charge is 0.503 e. The molecule has 0 saturated heterocycles. The van der Waals surface area contributed by atoms with Gasteiger partial charge in [0.15, 0.2) is 11.6 Å². The van der Waals surface area contributed by atoms with Gasteiger partial charge < -0.3 is 20.4 Å². The minimum atomic E-state index is -1.83. The zero-order valence-electron chi connectivity index (χ0n) is 23.0. The molecular weight excluding hydrogens is 464 g/mol. The Morgan fingerprint density at radius 3 is 1.17 bits per heavy atom. The van der Waals surface area contributed by atoms with Crippen molar-refractivity contribution in [1.82, 2.24) is 0 Å². The van der Waals surface area contributed by atoms with Crippen molar-refractivity contribution in [2.24, 2.45) is 10.8 Å². The molecule has 0 fully saturated rings. The molecule has 0 radical (unpaired) electrons. The summed E-state index contributed by atoms with van der Waals surface area (Å²) in [5.74, 6) is 0.639. The fourth-order valence-corrected chi connectivity index (χ4v) is 3.98. The van der Waals surface area contributed by atoms with Crippen LogP contribution in [0.15, 0.2) is 46.6 Å². The van der Waals surface area contributed by atoms with Crippen LogP contribution in [0.2, 0.25) is 0 Å². The average Bonchev–Trinajstić information content (AvgIpc) is 2.74. The molecule has 4 N–H and O–H groups in total. The Kier molecular flexibility index (Phi) is 16.0. The van der Waals surface area contributed by atoms with Crippen molar-refractivity contribution in [2.75, 3.05) is 0 Å². The molecule has 36 heavy (non-hydrogen) atoms. The lowest BCUT2D eigenvalue weighted by molar-refractivity contribution is -0.117. The summed E-state index contributed by atoms with van der Waals surface area (Å²) in [6, 6.07) is 0. The number of carbonyl (C=O) groups is 4. The minimum absolute atomic E-state index is 0.170. The van der Waals surface area contributed by atoms with Crippen molar-refractivity contribution in [2.45, 2.75) is 93.9 Å². The lowest BCUT2D eigenvalue weighted by Gasteiger charge is -2.32. The van der Waals surface area contributed by atoms with Gasteiger partial charge in [0.25, 0.3) is 0 Å². The first-order chi connectivity index (χ1) is 16.4. The molecule has 2 aliphatic rings. The molecule has 0 aromatic rings. The first-order valence-corrected chi connectivity index (χ1v) is 12.1. The molecule has 2 rings (SSSR count). The molecule has 0 heterocycles. The highest BCUT2D eigenvalue weighted by Crippen LogP contribution is 2.40. The van der Waals surface area contributed by atoms with Gasteiger partial charge in [-0.25, -0.2) is 9.59 Å². The van der Waals surface area contributed by atoms with E-state index in [4.69, 9.17) is 30.0 Å². The summed E-state index contributed by atoms with van der Waals surface area (Å²) in [6.07, 6.45) is 10.3. The second-order valence-electron chi connectivity index (χ2n) is 9.88. The van der Waals surface area contributed by atoms with E-state index in [2.05, 4.69) is 65.8 Å². The number of rotatable bonds is 4. The van der Waals surface area contributed by atoms with Gasteiger partial charge in [0.1, 0.15) is 0 Å². The predicted octanol–water partition coefficient (Wildman–Crippen LogP) is 7.76. The molecule has 0 amide bonds. The summed E-state index contributed by atoms with van der Waals surface area (Å²) < 4.78 is 0. The summed E-state index contributed by atoms with van der Waals surface area (Å²) in [7, 11) is 0. The fraction of sp³-hybridized carbons (Fsp3) is 0.571. The van der Waals surface area contributed by atoms with Crippen LogP contribution in [0.3, 0.4) is 0 Å². The van der Waals surface area contributed by atoms with Crippen LogP contribution in [0.25, 0.3) is 0 Å². The Balaban J connectivity index is 0. The van der Waals surface area contributed by atoms with E-state index in [1.165, 1.54) is 11.1 Å². The van der Waals surface area contributed by atoms with Crippen LogP contribution in [0.4, 0.5) is 9.59 Å². The molecule has 0 atom stereocenters. The van der Waals surface area contributed by atoms with Crippen molar-refractivity contribution < 1.29 is 39.6 Å². The molecule has 8 heteroatoms. The van der Waals surface area contributed by atoms with Gasteiger partial charge in [0.2, 0.25) is 0 Å². The van der Waals surface area contributed by atoms with Crippen LogP contribution in [-0.2, 0) is 9.59 Å². The van der Waals surface area contributed by atoms with E-state index in [0.29, 0.717) is 24.4 Å². The minimum Gasteiger partial charge on any atom is -0.450 e. The van der Waals surface area contributed by atoms with Gasteiger partial charge in [-0.1, -0.05) is 65.8 Å². The number of Topliss-reactive ketones (excluding diaryl/α,β-unsaturated/α-hetero) is 2. The highest BCUT2D eigenvalue weighted by Gasteiger charge is 2.31. The maximum Gasteiger partial charge on any atom is 0.503 e. The van der Waals surface area contributed by atoms with Crippen molar-refractivity contribution in [3.05, 3.63) is 46.6 Å². The molecule has 0 spiro atoms. The maximum atomic E-state index is 11.6. The number of allylic oxidation sites excluding steroid dienone is 8. The van der Waals surface area contributed by atoms with E-state index in [1.807, 2.05) is 13.8 Å². The van der Waals surface area contributed by atoms with Crippen LogP contribution in [0, 0.1) is 10.8 Å². The van der Waals surface area contributed by atoms with Gasteiger partial charge >= 0.3 is 12.3 Å². The molecule has 0 aliphatic heterocycles. The lowest BCUT2D eigenvalue weighted by atomic mass is 9.72. The third kappa shape index (κ3) is 13.7. The van der Waals surface area contributed by atoms with Crippen LogP contribution >= 0.6 is 0 Å². The van der Waals surface area contributed by atoms with E-state index in [-0.39, 0.29) is 10.8 Å². The number of hydrogen-bond donors (Lipinski definition) is 4. The van der Waals surface area contributed by atoms with Crippen molar-refractivity contribution in [3.8, 4) is 0 Å². The SMILES string of the molecule is CCC=CC1=C(C)C(=O)CCC1(C)C.CCC=CC1=C(C)C(=O)CCC1(C)C.O=C(O)O.O=C(O)O. The molecule has 0 saturated carbocycles. The van der Waals surface area contributed by atoms with Gasteiger partial charge in [-0.15, -0.1) is 0 Å². The van der Waals surface area contributed by atoms with E-state index in [0.717, 1.165) is 36.8 Å². The first-order valence-electron chi connectivity index (χ1n) is 12.1. The molecule has 0 aromatic carbocycles.